The van der Waals surface area contributed by atoms with Crippen molar-refractivity contribution in [1.82, 2.24) is 0 Å². The molecule has 6 heteroatoms. The quantitative estimate of drug-likeness (QED) is 0.242. The zero-order valence-corrected chi connectivity index (χ0v) is 19.9. The summed E-state index contributed by atoms with van der Waals surface area (Å²) in [5, 5.41) is 0. The van der Waals surface area contributed by atoms with Gasteiger partial charge >= 0.3 is 11.9 Å². The van der Waals surface area contributed by atoms with E-state index in [1.54, 1.807) is 19.9 Å². The summed E-state index contributed by atoms with van der Waals surface area (Å²) < 4.78 is 22.4. The fourth-order valence-corrected chi connectivity index (χ4v) is 3.18. The molecule has 0 heterocycles. The minimum atomic E-state index is -0.661. The van der Waals surface area contributed by atoms with Crippen LogP contribution in [0.4, 0.5) is 0 Å². The van der Waals surface area contributed by atoms with Gasteiger partial charge in [-0.15, -0.1) is 0 Å². The fourth-order valence-electron chi connectivity index (χ4n) is 3.18. The topological polar surface area (TPSA) is 71.1 Å². The van der Waals surface area contributed by atoms with Gasteiger partial charge in [0.15, 0.2) is 12.2 Å². The van der Waals surface area contributed by atoms with Gasteiger partial charge in [0.25, 0.3) is 0 Å². The van der Waals surface area contributed by atoms with Crippen molar-refractivity contribution < 1.29 is 28.5 Å². The normalized spacial score (nSPS) is 12.7. The summed E-state index contributed by atoms with van der Waals surface area (Å²) in [5.74, 6) is 0.369. The van der Waals surface area contributed by atoms with Crippen molar-refractivity contribution in [2.24, 2.45) is 0 Å². The second-order valence-corrected chi connectivity index (χ2v) is 7.64. The average Bonchev–Trinajstić information content (AvgIpc) is 2.75. The first kappa shape index (κ1) is 26.8. The SMILES string of the molecule is CCCCCC(Oc1ccc(C)c(OC(CCCCC)C(=O)OCC)c1)C(=O)OCC. The monoisotopic (exact) mass is 436 g/mol. The van der Waals surface area contributed by atoms with Crippen LogP contribution in [0.15, 0.2) is 18.2 Å². The molecule has 0 amide bonds. The van der Waals surface area contributed by atoms with Crippen molar-refractivity contribution in [3.05, 3.63) is 23.8 Å². The smallest absolute Gasteiger partial charge is 0.347 e. The summed E-state index contributed by atoms with van der Waals surface area (Å²) in [4.78, 5) is 24.7. The van der Waals surface area contributed by atoms with Crippen LogP contribution in [0.25, 0.3) is 0 Å². The molecule has 0 aliphatic heterocycles. The molecular weight excluding hydrogens is 396 g/mol. The molecule has 6 nitrogen and oxygen atoms in total. The Morgan fingerprint density at radius 3 is 1.77 bits per heavy atom. The van der Waals surface area contributed by atoms with Gasteiger partial charge in [0.05, 0.1) is 13.2 Å². The predicted octanol–water partition coefficient (Wildman–Crippen LogP) is 5.78. The molecule has 0 aliphatic rings. The highest BCUT2D eigenvalue weighted by Gasteiger charge is 2.24. The lowest BCUT2D eigenvalue weighted by Gasteiger charge is -2.21. The number of carbonyl (C=O) groups excluding carboxylic acids is 2. The Morgan fingerprint density at radius 2 is 1.29 bits per heavy atom. The van der Waals surface area contributed by atoms with Crippen molar-refractivity contribution in [2.45, 2.75) is 98.2 Å². The summed E-state index contributed by atoms with van der Waals surface area (Å²) in [6.07, 6.45) is 5.82. The van der Waals surface area contributed by atoms with Crippen LogP contribution in [-0.4, -0.2) is 37.4 Å². The molecule has 2 unspecified atom stereocenters. The van der Waals surface area contributed by atoms with Crippen LogP contribution in [0.2, 0.25) is 0 Å². The molecule has 0 aliphatic carbocycles. The van der Waals surface area contributed by atoms with E-state index in [-0.39, 0.29) is 11.9 Å². The molecule has 0 N–H and O–H groups in total. The zero-order valence-electron chi connectivity index (χ0n) is 19.9. The first-order valence-electron chi connectivity index (χ1n) is 11.7. The molecule has 176 valence electrons. The summed E-state index contributed by atoms with van der Waals surface area (Å²) in [5.41, 5.74) is 0.885. The molecule has 31 heavy (non-hydrogen) atoms. The summed E-state index contributed by atoms with van der Waals surface area (Å²) >= 11 is 0. The van der Waals surface area contributed by atoms with Crippen molar-refractivity contribution in [1.29, 1.82) is 0 Å². The van der Waals surface area contributed by atoms with Crippen LogP contribution in [0.3, 0.4) is 0 Å². The number of carbonyl (C=O) groups is 2. The molecule has 0 bridgehead atoms. The molecule has 1 rings (SSSR count). The first-order chi connectivity index (χ1) is 15.0. The van der Waals surface area contributed by atoms with E-state index in [1.807, 2.05) is 19.1 Å². The van der Waals surface area contributed by atoms with Crippen LogP contribution < -0.4 is 9.47 Å². The maximum atomic E-state index is 12.4. The highest BCUT2D eigenvalue weighted by molar-refractivity contribution is 5.75. The van der Waals surface area contributed by atoms with Crippen LogP contribution in [0.1, 0.15) is 84.6 Å². The molecule has 0 aromatic heterocycles. The van der Waals surface area contributed by atoms with Gasteiger partial charge in [-0.05, 0) is 58.1 Å². The molecular formula is C25H40O6. The van der Waals surface area contributed by atoms with E-state index in [9.17, 15) is 9.59 Å². The van der Waals surface area contributed by atoms with E-state index in [2.05, 4.69) is 13.8 Å². The largest absolute Gasteiger partial charge is 0.479 e. The van der Waals surface area contributed by atoms with Crippen LogP contribution >= 0.6 is 0 Å². The van der Waals surface area contributed by atoms with Crippen molar-refractivity contribution in [3.8, 4) is 11.5 Å². The Bertz CT molecular complexity index is 657. The van der Waals surface area contributed by atoms with Gasteiger partial charge in [-0.2, -0.15) is 0 Å². The van der Waals surface area contributed by atoms with Crippen molar-refractivity contribution >= 4 is 11.9 Å². The van der Waals surface area contributed by atoms with Crippen LogP contribution in [-0.2, 0) is 19.1 Å². The number of rotatable bonds is 16. The highest BCUT2D eigenvalue weighted by Crippen LogP contribution is 2.28. The van der Waals surface area contributed by atoms with Gasteiger partial charge in [-0.1, -0.05) is 45.6 Å². The minimum Gasteiger partial charge on any atom is -0.479 e. The highest BCUT2D eigenvalue weighted by atomic mass is 16.6. The molecule has 1 aromatic rings. The average molecular weight is 437 g/mol. The number of esters is 2. The van der Waals surface area contributed by atoms with E-state index in [0.717, 1.165) is 44.1 Å². The van der Waals surface area contributed by atoms with E-state index in [0.29, 0.717) is 37.6 Å². The molecule has 2 atom stereocenters. The Morgan fingerprint density at radius 1 is 0.774 bits per heavy atom. The van der Waals surface area contributed by atoms with E-state index < -0.39 is 12.2 Å². The fraction of sp³-hybridized carbons (Fsp3) is 0.680. The Hall–Kier alpha value is -2.24. The number of ether oxygens (including phenoxy) is 4. The lowest BCUT2D eigenvalue weighted by Crippen LogP contribution is -2.30. The molecule has 0 saturated carbocycles. The van der Waals surface area contributed by atoms with Gasteiger partial charge in [0.1, 0.15) is 11.5 Å². The molecule has 0 radical (unpaired) electrons. The van der Waals surface area contributed by atoms with Gasteiger partial charge in [0.2, 0.25) is 0 Å². The lowest BCUT2D eigenvalue weighted by molar-refractivity contribution is -0.152. The maximum Gasteiger partial charge on any atom is 0.347 e. The number of benzene rings is 1. The lowest BCUT2D eigenvalue weighted by atomic mass is 10.1. The van der Waals surface area contributed by atoms with Crippen molar-refractivity contribution in [3.63, 3.8) is 0 Å². The number of aryl methyl sites for hydroxylation is 1. The molecule has 0 fully saturated rings. The Balaban J connectivity index is 2.97. The van der Waals surface area contributed by atoms with Gasteiger partial charge < -0.3 is 18.9 Å². The predicted molar refractivity (Wildman–Crippen MR) is 122 cm³/mol. The third-order valence-corrected chi connectivity index (χ3v) is 4.95. The van der Waals surface area contributed by atoms with Gasteiger partial charge in [-0.25, -0.2) is 9.59 Å². The second-order valence-electron chi connectivity index (χ2n) is 7.64. The third-order valence-electron chi connectivity index (χ3n) is 4.95. The molecule has 0 saturated heterocycles. The van der Waals surface area contributed by atoms with Gasteiger partial charge in [-0.3, -0.25) is 0 Å². The summed E-state index contributed by atoms with van der Waals surface area (Å²) in [6, 6.07) is 5.42. The van der Waals surface area contributed by atoms with Crippen LogP contribution in [0, 0.1) is 6.92 Å². The summed E-state index contributed by atoms with van der Waals surface area (Å²) in [7, 11) is 0. The maximum absolute atomic E-state index is 12.4. The molecule has 0 spiro atoms. The van der Waals surface area contributed by atoms with Gasteiger partial charge in [0, 0.05) is 6.07 Å². The zero-order chi connectivity index (χ0) is 23.1. The third kappa shape index (κ3) is 10.1. The second kappa shape index (κ2) is 15.5. The number of hydrogen-bond acceptors (Lipinski definition) is 6. The standard InChI is InChI=1S/C25H40O6/c1-6-10-12-14-21(24(26)28-8-3)30-20-17-16-19(5)23(18-20)31-22(15-13-11-7-2)25(27)29-9-4/h16-18,21-22H,6-15H2,1-5H3. The summed E-state index contributed by atoms with van der Waals surface area (Å²) in [6.45, 7) is 10.3. The Labute approximate surface area is 187 Å². The first-order valence-corrected chi connectivity index (χ1v) is 11.7. The van der Waals surface area contributed by atoms with Crippen LogP contribution in [0.5, 0.6) is 11.5 Å². The van der Waals surface area contributed by atoms with Crippen molar-refractivity contribution in [2.75, 3.05) is 13.2 Å². The number of unbranched alkanes of at least 4 members (excludes halogenated alkanes) is 4. The van der Waals surface area contributed by atoms with E-state index in [1.165, 1.54) is 0 Å². The van der Waals surface area contributed by atoms with E-state index in [4.69, 9.17) is 18.9 Å². The van der Waals surface area contributed by atoms with E-state index >= 15 is 0 Å². The number of hydrogen-bond donors (Lipinski definition) is 0. The minimum absolute atomic E-state index is 0.313. The Kier molecular flexibility index (Phi) is 13.4. The molecule has 1 aromatic carbocycles.